The average molecular weight is 127 g/mol. The second-order valence-electron chi connectivity index (χ2n) is 2.18. The number of hydrogen-bond acceptors (Lipinski definition) is 2. The van der Waals surface area contributed by atoms with Crippen molar-refractivity contribution in [3.8, 4) is 0 Å². The Morgan fingerprint density at radius 3 is 2.33 bits per heavy atom. The second-order valence-corrected chi connectivity index (χ2v) is 2.18. The third-order valence-corrected chi connectivity index (χ3v) is 1.50. The summed E-state index contributed by atoms with van der Waals surface area (Å²) in [6.45, 7) is 1.23. The van der Waals surface area contributed by atoms with Crippen molar-refractivity contribution >= 4 is 12.2 Å². The molecule has 50 valence electrons. The third kappa shape index (κ3) is 1.52. The molecule has 0 atom stereocenters. The number of Topliss-reactive ketones (excluding diaryl/α,β-unsaturated/α-hetero) is 1. The van der Waals surface area contributed by atoms with Crippen LogP contribution in [0.5, 0.6) is 0 Å². The van der Waals surface area contributed by atoms with Gasteiger partial charge < -0.3 is 4.90 Å². The number of rotatable bonds is 1. The lowest BCUT2D eigenvalue weighted by molar-refractivity contribution is -0.125. The molecule has 0 aromatic carbocycles. The predicted octanol–water partition coefficient (Wildman–Crippen LogP) is -0.192. The minimum Gasteiger partial charge on any atom is -0.344 e. The molecule has 0 N–H and O–H groups in total. The molecule has 9 heavy (non-hydrogen) atoms. The van der Waals surface area contributed by atoms with Crippen LogP contribution in [0.2, 0.25) is 0 Å². The van der Waals surface area contributed by atoms with E-state index in [1.54, 1.807) is 4.90 Å². The van der Waals surface area contributed by atoms with Crippen molar-refractivity contribution in [2.75, 3.05) is 13.1 Å². The molecule has 0 unspecified atom stereocenters. The second kappa shape index (κ2) is 2.62. The van der Waals surface area contributed by atoms with Gasteiger partial charge in [0.2, 0.25) is 6.41 Å². The van der Waals surface area contributed by atoms with Gasteiger partial charge in [0.15, 0.2) is 0 Å². The topological polar surface area (TPSA) is 37.4 Å². The Morgan fingerprint density at radius 2 is 1.89 bits per heavy atom. The van der Waals surface area contributed by atoms with Gasteiger partial charge in [0, 0.05) is 25.9 Å². The van der Waals surface area contributed by atoms with E-state index in [1.807, 2.05) is 0 Å². The van der Waals surface area contributed by atoms with Crippen LogP contribution in [0.15, 0.2) is 0 Å². The molecule has 1 saturated heterocycles. The lowest BCUT2D eigenvalue weighted by atomic mass is 10.1. The third-order valence-electron chi connectivity index (χ3n) is 1.50. The highest BCUT2D eigenvalue weighted by molar-refractivity contribution is 5.80. The summed E-state index contributed by atoms with van der Waals surface area (Å²) in [7, 11) is 0. The van der Waals surface area contributed by atoms with E-state index in [-0.39, 0.29) is 5.78 Å². The molecular formula is C6H9NO2. The molecule has 0 aromatic rings. The number of nitrogens with zero attached hydrogens (tertiary/aromatic N) is 1. The average Bonchev–Trinajstić information content (AvgIpc) is 1.90. The van der Waals surface area contributed by atoms with E-state index >= 15 is 0 Å². The Morgan fingerprint density at radius 1 is 1.33 bits per heavy atom. The van der Waals surface area contributed by atoms with Crippen molar-refractivity contribution < 1.29 is 9.59 Å². The number of ketones is 1. The highest BCUT2D eigenvalue weighted by atomic mass is 16.1. The SMILES string of the molecule is O=CN1CCC(=O)CC1. The van der Waals surface area contributed by atoms with Gasteiger partial charge in [-0.3, -0.25) is 9.59 Å². The zero-order chi connectivity index (χ0) is 6.69. The Bertz CT molecular complexity index is 123. The van der Waals surface area contributed by atoms with Gasteiger partial charge in [-0.25, -0.2) is 0 Å². The van der Waals surface area contributed by atoms with Crippen LogP contribution in [0.4, 0.5) is 0 Å². The highest BCUT2D eigenvalue weighted by Crippen LogP contribution is 2.01. The van der Waals surface area contributed by atoms with Crippen LogP contribution in [-0.2, 0) is 9.59 Å². The molecule has 1 amide bonds. The van der Waals surface area contributed by atoms with Gasteiger partial charge >= 0.3 is 0 Å². The number of carbonyl (C=O) groups excluding carboxylic acids is 2. The van der Waals surface area contributed by atoms with Gasteiger partial charge in [0.25, 0.3) is 0 Å². The Balaban J connectivity index is 2.34. The van der Waals surface area contributed by atoms with Crippen molar-refractivity contribution in [2.24, 2.45) is 0 Å². The maximum absolute atomic E-state index is 10.6. The fourth-order valence-corrected chi connectivity index (χ4v) is 0.879. The monoisotopic (exact) mass is 127 g/mol. The first-order valence-corrected chi connectivity index (χ1v) is 3.04. The van der Waals surface area contributed by atoms with Crippen molar-refractivity contribution in [3.63, 3.8) is 0 Å². The van der Waals surface area contributed by atoms with E-state index in [0.717, 1.165) is 6.41 Å². The molecule has 3 nitrogen and oxygen atoms in total. The van der Waals surface area contributed by atoms with Crippen molar-refractivity contribution in [3.05, 3.63) is 0 Å². The minimum absolute atomic E-state index is 0.271. The van der Waals surface area contributed by atoms with E-state index in [0.29, 0.717) is 25.9 Å². The number of likely N-dealkylation sites (tertiary alicyclic amines) is 1. The Labute approximate surface area is 53.6 Å². The van der Waals surface area contributed by atoms with Gasteiger partial charge in [-0.2, -0.15) is 0 Å². The van der Waals surface area contributed by atoms with Crippen LogP contribution in [0.3, 0.4) is 0 Å². The van der Waals surface area contributed by atoms with Crippen LogP contribution in [0, 0.1) is 0 Å². The Kier molecular flexibility index (Phi) is 1.82. The molecule has 0 bridgehead atoms. The van der Waals surface area contributed by atoms with Crippen molar-refractivity contribution in [2.45, 2.75) is 12.8 Å². The van der Waals surface area contributed by atoms with Gasteiger partial charge in [0.1, 0.15) is 5.78 Å². The first-order chi connectivity index (χ1) is 4.33. The van der Waals surface area contributed by atoms with Crippen LogP contribution in [0.25, 0.3) is 0 Å². The smallest absolute Gasteiger partial charge is 0.209 e. The first-order valence-electron chi connectivity index (χ1n) is 3.04. The zero-order valence-electron chi connectivity index (χ0n) is 5.17. The van der Waals surface area contributed by atoms with E-state index in [9.17, 15) is 9.59 Å². The molecule has 1 aliphatic heterocycles. The van der Waals surface area contributed by atoms with Gasteiger partial charge in [-0.15, -0.1) is 0 Å². The van der Waals surface area contributed by atoms with E-state index < -0.39 is 0 Å². The summed E-state index contributed by atoms with van der Waals surface area (Å²) in [6, 6.07) is 0. The fraction of sp³-hybridized carbons (Fsp3) is 0.667. The summed E-state index contributed by atoms with van der Waals surface area (Å²) in [4.78, 5) is 22.3. The standard InChI is InChI=1S/C6H9NO2/c8-5-7-3-1-6(9)2-4-7/h5H,1-4H2. The summed E-state index contributed by atoms with van der Waals surface area (Å²) >= 11 is 0. The molecule has 3 heteroatoms. The lowest BCUT2D eigenvalue weighted by Gasteiger charge is -2.20. The molecule has 0 spiro atoms. The molecule has 1 fully saturated rings. The minimum atomic E-state index is 0.271. The summed E-state index contributed by atoms with van der Waals surface area (Å²) < 4.78 is 0. The number of amides is 1. The van der Waals surface area contributed by atoms with Crippen molar-refractivity contribution in [1.82, 2.24) is 4.90 Å². The summed E-state index contributed by atoms with van der Waals surface area (Å²) in [6.07, 6.45) is 1.88. The fourth-order valence-electron chi connectivity index (χ4n) is 0.879. The highest BCUT2D eigenvalue weighted by Gasteiger charge is 2.13. The molecule has 1 heterocycles. The molecule has 1 aliphatic rings. The molecule has 0 radical (unpaired) electrons. The number of hydrogen-bond donors (Lipinski definition) is 0. The number of carbonyl (C=O) groups is 2. The van der Waals surface area contributed by atoms with Crippen molar-refractivity contribution in [1.29, 1.82) is 0 Å². The molecule has 0 saturated carbocycles. The van der Waals surface area contributed by atoms with Gasteiger partial charge in [-0.1, -0.05) is 0 Å². The van der Waals surface area contributed by atoms with Crippen LogP contribution in [-0.4, -0.2) is 30.2 Å². The number of piperidine rings is 1. The predicted molar refractivity (Wildman–Crippen MR) is 31.9 cm³/mol. The van der Waals surface area contributed by atoms with Crippen LogP contribution in [0.1, 0.15) is 12.8 Å². The first kappa shape index (κ1) is 6.26. The molecular weight excluding hydrogens is 118 g/mol. The van der Waals surface area contributed by atoms with Crippen LogP contribution < -0.4 is 0 Å². The molecule has 1 rings (SSSR count). The Hall–Kier alpha value is -0.860. The van der Waals surface area contributed by atoms with E-state index in [4.69, 9.17) is 0 Å². The van der Waals surface area contributed by atoms with E-state index in [1.165, 1.54) is 0 Å². The summed E-state index contributed by atoms with van der Waals surface area (Å²) in [5.41, 5.74) is 0. The summed E-state index contributed by atoms with van der Waals surface area (Å²) in [5.74, 6) is 0.271. The molecule has 0 aliphatic carbocycles. The largest absolute Gasteiger partial charge is 0.344 e. The molecule has 0 aromatic heterocycles. The zero-order valence-corrected chi connectivity index (χ0v) is 5.17. The maximum Gasteiger partial charge on any atom is 0.209 e. The van der Waals surface area contributed by atoms with E-state index in [2.05, 4.69) is 0 Å². The van der Waals surface area contributed by atoms with Gasteiger partial charge in [-0.05, 0) is 0 Å². The summed E-state index contributed by atoms with van der Waals surface area (Å²) in [5, 5.41) is 0. The maximum atomic E-state index is 10.6. The van der Waals surface area contributed by atoms with Gasteiger partial charge in [0.05, 0.1) is 0 Å². The normalized spacial score (nSPS) is 20.0. The quantitative estimate of drug-likeness (QED) is 0.458. The lowest BCUT2D eigenvalue weighted by Crippen LogP contribution is -2.32. The van der Waals surface area contributed by atoms with Crippen LogP contribution >= 0.6 is 0 Å².